The van der Waals surface area contributed by atoms with Crippen molar-refractivity contribution in [1.82, 2.24) is 4.98 Å². The quantitative estimate of drug-likeness (QED) is 0.349. The molecule has 0 fully saturated rings. The number of nitrogens with zero attached hydrogens (tertiary/aromatic N) is 2. The zero-order valence-electron chi connectivity index (χ0n) is 17.2. The highest BCUT2D eigenvalue weighted by Crippen LogP contribution is 2.37. The standard InChI is InChI=1S/C26H23N2O/c1-16-10-12-20-21-13-11-18(3)27-26(21)29-25(20)24(16)23-14-22(17(2)15-28(23)4)19-8-6-5-7-9-19/h5-15H,1-4H3/q+1. The Bertz CT molecular complexity index is 1380. The van der Waals surface area contributed by atoms with Crippen LogP contribution >= 0.6 is 0 Å². The van der Waals surface area contributed by atoms with Crippen LogP contribution < -0.4 is 4.57 Å². The van der Waals surface area contributed by atoms with Gasteiger partial charge in [-0.25, -0.2) is 9.55 Å². The number of fused-ring (bicyclic) bond motifs is 3. The lowest BCUT2D eigenvalue weighted by Gasteiger charge is -2.10. The zero-order chi connectivity index (χ0) is 20.1. The van der Waals surface area contributed by atoms with Crippen LogP contribution in [0.4, 0.5) is 0 Å². The number of aryl methyl sites for hydroxylation is 4. The number of aromatic nitrogens is 2. The molecule has 0 saturated heterocycles. The average molecular weight is 379 g/mol. The van der Waals surface area contributed by atoms with Gasteiger partial charge < -0.3 is 4.42 Å². The summed E-state index contributed by atoms with van der Waals surface area (Å²) in [7, 11) is 2.10. The number of pyridine rings is 2. The van der Waals surface area contributed by atoms with Crippen LogP contribution in [0.2, 0.25) is 0 Å². The fraction of sp³-hybridized carbons (Fsp3) is 0.154. The number of hydrogen-bond acceptors (Lipinski definition) is 2. The van der Waals surface area contributed by atoms with E-state index in [1.54, 1.807) is 0 Å². The number of benzene rings is 2. The SMILES string of the molecule is Cc1ccc2c(n1)oc1c(-c3cc(-c4ccccc4)c(C)c[n+]3C)c(C)ccc12. The molecule has 0 bridgehead atoms. The van der Waals surface area contributed by atoms with E-state index >= 15 is 0 Å². The lowest BCUT2D eigenvalue weighted by Crippen LogP contribution is -2.31. The lowest BCUT2D eigenvalue weighted by atomic mass is 9.96. The molecule has 0 atom stereocenters. The van der Waals surface area contributed by atoms with Crippen molar-refractivity contribution in [2.24, 2.45) is 7.05 Å². The second-order valence-corrected chi connectivity index (χ2v) is 7.77. The first kappa shape index (κ1) is 17.6. The molecular weight excluding hydrogens is 356 g/mol. The molecule has 5 rings (SSSR count). The summed E-state index contributed by atoms with van der Waals surface area (Å²) in [6, 6.07) is 21.3. The maximum atomic E-state index is 6.31. The second kappa shape index (κ2) is 6.56. The van der Waals surface area contributed by atoms with E-state index in [4.69, 9.17) is 4.42 Å². The first-order valence-corrected chi connectivity index (χ1v) is 9.88. The van der Waals surface area contributed by atoms with E-state index in [2.05, 4.69) is 91.2 Å². The molecule has 0 radical (unpaired) electrons. The van der Waals surface area contributed by atoms with Crippen LogP contribution in [0, 0.1) is 20.8 Å². The Labute approximate surface area is 170 Å². The third-order valence-electron chi connectivity index (χ3n) is 5.67. The molecule has 3 heteroatoms. The van der Waals surface area contributed by atoms with Crippen LogP contribution in [0.15, 0.2) is 71.3 Å². The van der Waals surface area contributed by atoms with E-state index < -0.39 is 0 Å². The molecule has 3 aromatic heterocycles. The highest BCUT2D eigenvalue weighted by Gasteiger charge is 2.22. The molecular formula is C26H23N2O+. The minimum Gasteiger partial charge on any atom is -0.437 e. The summed E-state index contributed by atoms with van der Waals surface area (Å²) in [4.78, 5) is 4.61. The van der Waals surface area contributed by atoms with Crippen LogP contribution in [0.3, 0.4) is 0 Å². The molecule has 5 aromatic rings. The van der Waals surface area contributed by atoms with Gasteiger partial charge >= 0.3 is 0 Å². The lowest BCUT2D eigenvalue weighted by molar-refractivity contribution is -0.660. The van der Waals surface area contributed by atoms with Gasteiger partial charge in [0.2, 0.25) is 11.4 Å². The highest BCUT2D eigenvalue weighted by molar-refractivity contribution is 6.08. The summed E-state index contributed by atoms with van der Waals surface area (Å²) >= 11 is 0. The second-order valence-electron chi connectivity index (χ2n) is 7.77. The first-order chi connectivity index (χ1) is 14.0. The summed E-state index contributed by atoms with van der Waals surface area (Å²) < 4.78 is 8.50. The van der Waals surface area contributed by atoms with Crippen LogP contribution in [0.1, 0.15) is 16.8 Å². The van der Waals surface area contributed by atoms with Gasteiger partial charge in [-0.2, -0.15) is 0 Å². The largest absolute Gasteiger partial charge is 0.437 e. The Balaban J connectivity index is 1.84. The molecule has 2 aromatic carbocycles. The zero-order valence-corrected chi connectivity index (χ0v) is 17.2. The molecule has 0 saturated carbocycles. The van der Waals surface area contributed by atoms with E-state index in [-0.39, 0.29) is 0 Å². The molecule has 0 amide bonds. The molecule has 0 N–H and O–H groups in total. The normalized spacial score (nSPS) is 11.4. The third kappa shape index (κ3) is 2.82. The van der Waals surface area contributed by atoms with Crippen molar-refractivity contribution in [2.45, 2.75) is 20.8 Å². The van der Waals surface area contributed by atoms with E-state index in [1.807, 2.05) is 13.0 Å². The van der Waals surface area contributed by atoms with E-state index in [9.17, 15) is 0 Å². The van der Waals surface area contributed by atoms with Gasteiger partial charge in [0.05, 0.1) is 5.56 Å². The van der Waals surface area contributed by atoms with Gasteiger partial charge in [0.15, 0.2) is 11.8 Å². The molecule has 0 aliphatic rings. The van der Waals surface area contributed by atoms with E-state index in [0.29, 0.717) is 5.71 Å². The molecule has 0 aliphatic heterocycles. The van der Waals surface area contributed by atoms with Crippen LogP contribution in [0.25, 0.3) is 44.5 Å². The summed E-state index contributed by atoms with van der Waals surface area (Å²) in [5.74, 6) is 0. The van der Waals surface area contributed by atoms with Crippen molar-refractivity contribution in [3.63, 3.8) is 0 Å². The number of furan rings is 1. The molecule has 3 nitrogen and oxygen atoms in total. The minimum absolute atomic E-state index is 0.699. The van der Waals surface area contributed by atoms with Gasteiger partial charge in [0, 0.05) is 28.1 Å². The van der Waals surface area contributed by atoms with Gasteiger partial charge in [-0.05, 0) is 49.6 Å². The molecule has 0 spiro atoms. The molecule has 3 heterocycles. The van der Waals surface area contributed by atoms with Crippen molar-refractivity contribution in [3.8, 4) is 22.4 Å². The van der Waals surface area contributed by atoms with Crippen LogP contribution in [-0.2, 0) is 7.05 Å². The highest BCUT2D eigenvalue weighted by atomic mass is 16.3. The summed E-state index contributed by atoms with van der Waals surface area (Å²) in [6.07, 6.45) is 2.20. The average Bonchev–Trinajstić information content (AvgIpc) is 3.07. The van der Waals surface area contributed by atoms with E-state index in [0.717, 1.165) is 33.3 Å². The topological polar surface area (TPSA) is 29.9 Å². The summed E-state index contributed by atoms with van der Waals surface area (Å²) in [5.41, 5.74) is 9.70. The van der Waals surface area contributed by atoms with Gasteiger partial charge in [0.1, 0.15) is 7.05 Å². The predicted octanol–water partition coefficient (Wildman–Crippen LogP) is 6.06. The maximum absolute atomic E-state index is 6.31. The van der Waals surface area contributed by atoms with Crippen molar-refractivity contribution in [2.75, 3.05) is 0 Å². The Morgan fingerprint density at radius 1 is 0.828 bits per heavy atom. The van der Waals surface area contributed by atoms with Gasteiger partial charge in [0.25, 0.3) is 0 Å². The summed E-state index contributed by atoms with van der Waals surface area (Å²) in [6.45, 7) is 6.29. The van der Waals surface area contributed by atoms with Gasteiger partial charge in [-0.3, -0.25) is 0 Å². The fourth-order valence-electron chi connectivity index (χ4n) is 4.19. The Morgan fingerprint density at radius 2 is 1.59 bits per heavy atom. The van der Waals surface area contributed by atoms with Crippen molar-refractivity contribution < 1.29 is 8.98 Å². The smallest absolute Gasteiger partial charge is 0.227 e. The van der Waals surface area contributed by atoms with Crippen molar-refractivity contribution in [3.05, 3.63) is 83.7 Å². The minimum atomic E-state index is 0.699. The third-order valence-corrected chi connectivity index (χ3v) is 5.67. The first-order valence-electron chi connectivity index (χ1n) is 9.88. The monoisotopic (exact) mass is 379 g/mol. The predicted molar refractivity (Wildman–Crippen MR) is 118 cm³/mol. The molecule has 142 valence electrons. The Hall–Kier alpha value is -3.46. The number of rotatable bonds is 2. The molecule has 0 aliphatic carbocycles. The molecule has 29 heavy (non-hydrogen) atoms. The van der Waals surface area contributed by atoms with E-state index in [1.165, 1.54) is 22.3 Å². The van der Waals surface area contributed by atoms with Crippen LogP contribution in [-0.4, -0.2) is 4.98 Å². The Morgan fingerprint density at radius 3 is 2.38 bits per heavy atom. The van der Waals surface area contributed by atoms with Gasteiger partial charge in [-0.15, -0.1) is 0 Å². The van der Waals surface area contributed by atoms with Crippen molar-refractivity contribution >= 4 is 22.1 Å². The summed E-state index contributed by atoms with van der Waals surface area (Å²) in [5, 5.41) is 2.17. The fourth-order valence-corrected chi connectivity index (χ4v) is 4.19. The Kier molecular flexibility index (Phi) is 3.99. The van der Waals surface area contributed by atoms with Crippen LogP contribution in [0.5, 0.6) is 0 Å². The molecule has 0 unspecified atom stereocenters. The maximum Gasteiger partial charge on any atom is 0.227 e. The number of hydrogen-bond donors (Lipinski definition) is 0. The van der Waals surface area contributed by atoms with Crippen molar-refractivity contribution in [1.29, 1.82) is 0 Å². The van der Waals surface area contributed by atoms with Gasteiger partial charge in [-0.1, -0.05) is 42.5 Å².